The highest BCUT2D eigenvalue weighted by molar-refractivity contribution is 5.80. The highest BCUT2D eigenvalue weighted by Crippen LogP contribution is 2.32. The van der Waals surface area contributed by atoms with E-state index in [-0.39, 0.29) is 24.1 Å². The molecule has 118 valence electrons. The highest BCUT2D eigenvalue weighted by Gasteiger charge is 2.32. The van der Waals surface area contributed by atoms with Gasteiger partial charge in [0.15, 0.2) is 0 Å². The van der Waals surface area contributed by atoms with Crippen molar-refractivity contribution in [1.82, 2.24) is 9.88 Å². The molecule has 0 atom stereocenters. The molecule has 1 amide bonds. The van der Waals surface area contributed by atoms with Crippen LogP contribution in [0.4, 0.5) is 24.8 Å². The number of hydrogen-bond donors (Lipinski definition) is 1. The molecule has 21 heavy (non-hydrogen) atoms. The summed E-state index contributed by atoms with van der Waals surface area (Å²) < 4.78 is 38.7. The van der Waals surface area contributed by atoms with Crippen LogP contribution in [0.2, 0.25) is 0 Å². The van der Waals surface area contributed by atoms with Gasteiger partial charge in [-0.15, -0.1) is 0 Å². The van der Waals surface area contributed by atoms with Crippen molar-refractivity contribution in [2.45, 2.75) is 13.1 Å². The molecule has 0 aliphatic carbocycles. The largest absolute Gasteiger partial charge is 0.416 e. The molecule has 0 saturated carbocycles. The number of nitrogens with zero attached hydrogens (tertiary/aromatic N) is 3. The minimum Gasteiger partial charge on any atom is -0.373 e. The molecule has 0 bridgehead atoms. The van der Waals surface area contributed by atoms with E-state index in [2.05, 4.69) is 10.3 Å². The number of carbonyl (C=O) groups is 1. The molecule has 0 spiro atoms. The third-order valence-corrected chi connectivity index (χ3v) is 2.93. The van der Waals surface area contributed by atoms with E-state index < -0.39 is 11.7 Å². The molecule has 1 aromatic rings. The van der Waals surface area contributed by atoms with Gasteiger partial charge in [-0.1, -0.05) is 0 Å². The molecule has 0 fully saturated rings. The van der Waals surface area contributed by atoms with Crippen molar-refractivity contribution in [1.29, 1.82) is 0 Å². The zero-order valence-electron chi connectivity index (χ0n) is 12.5. The summed E-state index contributed by atoms with van der Waals surface area (Å²) in [6, 6.07) is 1.89. The van der Waals surface area contributed by atoms with Gasteiger partial charge in [0.05, 0.1) is 12.1 Å². The van der Waals surface area contributed by atoms with Crippen LogP contribution in [0, 0.1) is 0 Å². The number of hydrogen-bond acceptors (Lipinski definition) is 4. The van der Waals surface area contributed by atoms with Gasteiger partial charge >= 0.3 is 6.18 Å². The number of amides is 1. The fourth-order valence-corrected chi connectivity index (χ4v) is 1.63. The second-order valence-corrected chi connectivity index (χ2v) is 4.65. The molecule has 1 heterocycles. The SMILES string of the molecule is CCN(CC(=O)N(C)C)c1cc(C(F)(F)F)cc(NC)n1. The summed E-state index contributed by atoms with van der Waals surface area (Å²) >= 11 is 0. The third-order valence-electron chi connectivity index (χ3n) is 2.93. The van der Waals surface area contributed by atoms with Gasteiger partial charge in [0.25, 0.3) is 0 Å². The maximum Gasteiger partial charge on any atom is 0.416 e. The minimum atomic E-state index is -4.46. The molecule has 0 aliphatic rings. The Morgan fingerprint density at radius 1 is 1.33 bits per heavy atom. The van der Waals surface area contributed by atoms with Crippen molar-refractivity contribution in [3.8, 4) is 0 Å². The second kappa shape index (κ2) is 6.64. The molecule has 1 N–H and O–H groups in total. The lowest BCUT2D eigenvalue weighted by atomic mass is 10.2. The Morgan fingerprint density at radius 3 is 2.38 bits per heavy atom. The van der Waals surface area contributed by atoms with Crippen molar-refractivity contribution < 1.29 is 18.0 Å². The van der Waals surface area contributed by atoms with Gasteiger partial charge in [-0.25, -0.2) is 4.98 Å². The average Bonchev–Trinajstić information content (AvgIpc) is 2.42. The van der Waals surface area contributed by atoms with Crippen molar-refractivity contribution in [3.63, 3.8) is 0 Å². The summed E-state index contributed by atoms with van der Waals surface area (Å²) in [7, 11) is 4.68. The van der Waals surface area contributed by atoms with Gasteiger partial charge in [-0.2, -0.15) is 13.2 Å². The normalized spacial score (nSPS) is 11.2. The van der Waals surface area contributed by atoms with E-state index in [1.165, 1.54) is 16.8 Å². The highest BCUT2D eigenvalue weighted by atomic mass is 19.4. The van der Waals surface area contributed by atoms with Gasteiger partial charge in [0.2, 0.25) is 5.91 Å². The summed E-state index contributed by atoms with van der Waals surface area (Å²) in [5.41, 5.74) is -0.799. The number of alkyl halides is 3. The fraction of sp³-hybridized carbons (Fsp3) is 0.538. The second-order valence-electron chi connectivity index (χ2n) is 4.65. The molecule has 0 unspecified atom stereocenters. The molecule has 0 radical (unpaired) electrons. The van der Waals surface area contributed by atoms with Gasteiger partial charge in [0, 0.05) is 27.7 Å². The summed E-state index contributed by atoms with van der Waals surface area (Å²) in [6.07, 6.45) is -4.46. The number of nitrogens with one attached hydrogen (secondary N) is 1. The number of pyridine rings is 1. The molecule has 8 heteroatoms. The van der Waals surface area contributed by atoms with Crippen LogP contribution >= 0.6 is 0 Å². The van der Waals surface area contributed by atoms with Crippen LogP contribution in [0.1, 0.15) is 12.5 Å². The topological polar surface area (TPSA) is 48.5 Å². The van der Waals surface area contributed by atoms with E-state index >= 15 is 0 Å². The first-order chi connectivity index (χ1) is 9.68. The zero-order chi connectivity index (χ0) is 16.2. The summed E-state index contributed by atoms with van der Waals surface area (Å²) in [5, 5.41) is 2.60. The van der Waals surface area contributed by atoms with Crippen molar-refractivity contribution in [2.75, 3.05) is 44.4 Å². The van der Waals surface area contributed by atoms with Gasteiger partial charge in [-0.05, 0) is 19.1 Å². The quantitative estimate of drug-likeness (QED) is 0.904. The van der Waals surface area contributed by atoms with Crippen LogP contribution in [0.3, 0.4) is 0 Å². The van der Waals surface area contributed by atoms with Crippen LogP contribution in [-0.4, -0.2) is 50.0 Å². The van der Waals surface area contributed by atoms with Crippen LogP contribution in [0.25, 0.3) is 0 Å². The van der Waals surface area contributed by atoms with E-state index in [1.807, 2.05) is 0 Å². The van der Waals surface area contributed by atoms with E-state index in [1.54, 1.807) is 21.0 Å². The van der Waals surface area contributed by atoms with Crippen LogP contribution in [0.5, 0.6) is 0 Å². The van der Waals surface area contributed by atoms with E-state index in [0.29, 0.717) is 6.54 Å². The molecule has 5 nitrogen and oxygen atoms in total. The predicted molar refractivity (Wildman–Crippen MR) is 75.4 cm³/mol. The molecule has 0 saturated heterocycles. The van der Waals surface area contributed by atoms with E-state index in [9.17, 15) is 18.0 Å². The Labute approximate surface area is 121 Å². The van der Waals surface area contributed by atoms with Crippen molar-refractivity contribution in [2.24, 2.45) is 0 Å². The van der Waals surface area contributed by atoms with Gasteiger partial charge in [0.1, 0.15) is 11.6 Å². The summed E-state index contributed by atoms with van der Waals surface area (Å²) in [4.78, 5) is 18.7. The number of rotatable bonds is 5. The maximum atomic E-state index is 12.9. The average molecular weight is 304 g/mol. The van der Waals surface area contributed by atoms with Crippen molar-refractivity contribution in [3.05, 3.63) is 17.7 Å². The smallest absolute Gasteiger partial charge is 0.373 e. The Balaban J connectivity index is 3.17. The molecule has 1 aromatic heterocycles. The van der Waals surface area contributed by atoms with E-state index in [0.717, 1.165) is 12.1 Å². The Hall–Kier alpha value is -1.99. The lowest BCUT2D eigenvalue weighted by molar-refractivity contribution is -0.137. The van der Waals surface area contributed by atoms with Crippen molar-refractivity contribution >= 4 is 17.5 Å². The maximum absolute atomic E-state index is 12.9. The number of anilines is 2. The lowest BCUT2D eigenvalue weighted by Gasteiger charge is -2.24. The van der Waals surface area contributed by atoms with Crippen LogP contribution < -0.4 is 10.2 Å². The van der Waals surface area contributed by atoms with E-state index in [4.69, 9.17) is 0 Å². The van der Waals surface area contributed by atoms with Gasteiger partial charge in [-0.3, -0.25) is 4.79 Å². The Morgan fingerprint density at radius 2 is 1.95 bits per heavy atom. The molecule has 0 aromatic carbocycles. The predicted octanol–water partition coefficient (Wildman–Crippen LogP) is 2.06. The first-order valence-electron chi connectivity index (χ1n) is 6.41. The molecule has 1 rings (SSSR count). The molecular formula is C13H19F3N4O. The summed E-state index contributed by atoms with van der Waals surface area (Å²) in [5.74, 6) is 0.0181. The monoisotopic (exact) mass is 304 g/mol. The summed E-state index contributed by atoms with van der Waals surface area (Å²) in [6.45, 7) is 2.10. The van der Waals surface area contributed by atoms with Gasteiger partial charge < -0.3 is 15.1 Å². The molecule has 0 aliphatic heterocycles. The number of carbonyl (C=O) groups excluding carboxylic acids is 1. The Bertz CT molecular complexity index is 503. The number of halogens is 3. The fourth-order valence-electron chi connectivity index (χ4n) is 1.63. The first-order valence-corrected chi connectivity index (χ1v) is 6.41. The van der Waals surface area contributed by atoms with Crippen LogP contribution in [0.15, 0.2) is 12.1 Å². The molecular weight excluding hydrogens is 285 g/mol. The number of aromatic nitrogens is 1. The van der Waals surface area contributed by atoms with Crippen LogP contribution in [-0.2, 0) is 11.0 Å². The third kappa shape index (κ3) is 4.51. The number of likely N-dealkylation sites (N-methyl/N-ethyl adjacent to an activating group) is 2. The lowest BCUT2D eigenvalue weighted by Crippen LogP contribution is -2.37. The zero-order valence-corrected chi connectivity index (χ0v) is 12.5. The standard InChI is InChI=1S/C13H19F3N4O/c1-5-20(8-12(21)19(3)4)11-7-9(13(14,15)16)6-10(17-2)18-11/h6-7H,5,8H2,1-4H3,(H,17,18). The minimum absolute atomic E-state index is 0.0268. The Kier molecular flexibility index (Phi) is 5.40. The first kappa shape index (κ1) is 17.1.